The van der Waals surface area contributed by atoms with Crippen LogP contribution in [0.2, 0.25) is 0 Å². The topological polar surface area (TPSA) is 0 Å². The van der Waals surface area contributed by atoms with Gasteiger partial charge in [-0.15, -0.1) is 0 Å². The van der Waals surface area contributed by atoms with E-state index in [1.54, 1.807) is 12.8 Å². The molecule has 0 saturated heterocycles. The second-order valence-electron chi connectivity index (χ2n) is 5.88. The highest BCUT2D eigenvalue weighted by atomic mass is 14.4. The van der Waals surface area contributed by atoms with Gasteiger partial charge >= 0.3 is 0 Å². The molecule has 0 nitrogen and oxygen atoms in total. The van der Waals surface area contributed by atoms with Gasteiger partial charge in [-0.05, 0) is 56.8 Å². The summed E-state index contributed by atoms with van der Waals surface area (Å²) in [6, 6.07) is 0. The molecule has 3 saturated carbocycles. The lowest BCUT2D eigenvalue weighted by Gasteiger charge is -2.35. The minimum Gasteiger partial charge on any atom is -0.0701 e. The van der Waals surface area contributed by atoms with Gasteiger partial charge in [0.1, 0.15) is 0 Å². The molecule has 0 spiro atoms. The molecule has 3 aliphatic carbocycles. The molecule has 1 atom stereocenters. The van der Waals surface area contributed by atoms with Gasteiger partial charge in [0.25, 0.3) is 0 Å². The Labute approximate surface area is 94.1 Å². The third-order valence-electron chi connectivity index (χ3n) is 4.83. The Hall–Kier alpha value is -0.260. The van der Waals surface area contributed by atoms with Crippen LogP contribution in [0.5, 0.6) is 0 Å². The van der Waals surface area contributed by atoms with E-state index in [-0.39, 0.29) is 0 Å². The molecule has 0 N–H and O–H groups in total. The lowest BCUT2D eigenvalue weighted by atomic mass is 9.70. The van der Waals surface area contributed by atoms with Gasteiger partial charge in [0, 0.05) is 0 Å². The van der Waals surface area contributed by atoms with Crippen molar-refractivity contribution in [2.24, 2.45) is 11.8 Å². The molecule has 0 heterocycles. The summed E-state index contributed by atoms with van der Waals surface area (Å²) in [5.41, 5.74) is 3.83. The van der Waals surface area contributed by atoms with E-state index < -0.39 is 0 Å². The average Bonchev–Trinajstić information content (AvgIpc) is 3.14. The molecule has 15 heavy (non-hydrogen) atoms. The van der Waals surface area contributed by atoms with Gasteiger partial charge in [-0.25, -0.2) is 0 Å². The smallest absolute Gasteiger partial charge is 0.0172 e. The van der Waals surface area contributed by atoms with Crippen molar-refractivity contribution in [2.75, 3.05) is 0 Å². The minimum atomic E-state index is 1.04. The molecule has 0 amide bonds. The van der Waals surface area contributed by atoms with Gasteiger partial charge in [0.15, 0.2) is 0 Å². The van der Waals surface area contributed by atoms with E-state index in [4.69, 9.17) is 0 Å². The molecule has 3 aliphatic rings. The summed E-state index contributed by atoms with van der Waals surface area (Å²) < 4.78 is 0. The van der Waals surface area contributed by atoms with Crippen LogP contribution < -0.4 is 0 Å². The van der Waals surface area contributed by atoms with Crippen molar-refractivity contribution in [3.63, 3.8) is 0 Å². The summed E-state index contributed by atoms with van der Waals surface area (Å²) in [5, 5.41) is 0. The summed E-state index contributed by atoms with van der Waals surface area (Å²) in [6.07, 6.45) is 16.5. The van der Waals surface area contributed by atoms with E-state index in [0.29, 0.717) is 0 Å². The van der Waals surface area contributed by atoms with Crippen LogP contribution in [0, 0.1) is 11.8 Å². The standard InChI is InChI=1S/C15H24/c1-2-6-12(7-3-1)14-8-4-5-9-15(14)13-10-11-13/h12,14H,1-11H2. The largest absolute Gasteiger partial charge is 0.0701 e. The van der Waals surface area contributed by atoms with Crippen LogP contribution in [-0.4, -0.2) is 0 Å². The summed E-state index contributed by atoms with van der Waals surface area (Å²) in [7, 11) is 0. The molecular formula is C15H24. The van der Waals surface area contributed by atoms with Crippen molar-refractivity contribution >= 4 is 0 Å². The maximum absolute atomic E-state index is 1.95. The first-order valence-electron chi connectivity index (χ1n) is 7.16. The van der Waals surface area contributed by atoms with Crippen molar-refractivity contribution in [2.45, 2.75) is 70.6 Å². The molecule has 1 unspecified atom stereocenters. The lowest BCUT2D eigenvalue weighted by molar-refractivity contribution is 0.242. The van der Waals surface area contributed by atoms with E-state index in [1.165, 1.54) is 57.8 Å². The summed E-state index contributed by atoms with van der Waals surface area (Å²) in [5.74, 6) is 2.12. The first-order chi connectivity index (χ1) is 7.45. The van der Waals surface area contributed by atoms with Gasteiger partial charge in [0.05, 0.1) is 0 Å². The predicted molar refractivity (Wildman–Crippen MR) is 64.8 cm³/mol. The average molecular weight is 204 g/mol. The van der Waals surface area contributed by atoms with Crippen LogP contribution in [0.3, 0.4) is 0 Å². The third-order valence-corrected chi connectivity index (χ3v) is 4.83. The van der Waals surface area contributed by atoms with Gasteiger partial charge in [-0.2, -0.15) is 0 Å². The number of hydrogen-bond donors (Lipinski definition) is 0. The zero-order chi connectivity index (χ0) is 10.1. The molecular weight excluding hydrogens is 180 g/mol. The molecule has 0 bridgehead atoms. The fraction of sp³-hybridized carbons (Fsp3) is 0.867. The molecule has 0 aromatic rings. The van der Waals surface area contributed by atoms with Crippen molar-refractivity contribution < 1.29 is 0 Å². The van der Waals surface area contributed by atoms with Crippen LogP contribution in [-0.2, 0) is 0 Å². The second-order valence-corrected chi connectivity index (χ2v) is 5.88. The number of allylic oxidation sites excluding steroid dienone is 2. The van der Waals surface area contributed by atoms with Crippen LogP contribution in [0.25, 0.3) is 0 Å². The number of rotatable bonds is 1. The molecule has 0 aromatic carbocycles. The Morgan fingerprint density at radius 3 is 2.13 bits per heavy atom. The Bertz CT molecular complexity index is 249. The Kier molecular flexibility index (Phi) is 2.86. The van der Waals surface area contributed by atoms with Gasteiger partial charge in [-0.3, -0.25) is 0 Å². The van der Waals surface area contributed by atoms with Crippen molar-refractivity contribution in [1.82, 2.24) is 0 Å². The molecule has 0 heteroatoms. The van der Waals surface area contributed by atoms with Crippen LogP contribution >= 0.6 is 0 Å². The van der Waals surface area contributed by atoms with E-state index in [0.717, 1.165) is 11.8 Å². The van der Waals surface area contributed by atoms with Gasteiger partial charge in [-0.1, -0.05) is 36.8 Å². The first kappa shape index (κ1) is 9.93. The summed E-state index contributed by atoms with van der Waals surface area (Å²) >= 11 is 0. The normalized spacial score (nSPS) is 33.2. The van der Waals surface area contributed by atoms with E-state index in [1.807, 2.05) is 11.1 Å². The SMILES string of the molecule is C1CCC(C2CCCCC2=C2CC2)CC1. The fourth-order valence-electron chi connectivity index (χ4n) is 3.92. The quantitative estimate of drug-likeness (QED) is 0.536. The zero-order valence-electron chi connectivity index (χ0n) is 9.93. The molecule has 3 rings (SSSR count). The van der Waals surface area contributed by atoms with Crippen molar-refractivity contribution in [1.29, 1.82) is 0 Å². The molecule has 0 radical (unpaired) electrons. The van der Waals surface area contributed by atoms with E-state index >= 15 is 0 Å². The minimum absolute atomic E-state index is 1.04. The van der Waals surface area contributed by atoms with Crippen LogP contribution in [0.1, 0.15) is 70.6 Å². The first-order valence-corrected chi connectivity index (χ1v) is 7.16. The van der Waals surface area contributed by atoms with Crippen molar-refractivity contribution in [3.05, 3.63) is 11.1 Å². The monoisotopic (exact) mass is 204 g/mol. The van der Waals surface area contributed by atoms with E-state index in [2.05, 4.69) is 0 Å². The highest BCUT2D eigenvalue weighted by Gasteiger charge is 2.32. The predicted octanol–water partition coefficient (Wildman–Crippen LogP) is 4.85. The molecule has 84 valence electrons. The van der Waals surface area contributed by atoms with E-state index in [9.17, 15) is 0 Å². The summed E-state index contributed by atoms with van der Waals surface area (Å²) in [4.78, 5) is 0. The maximum atomic E-state index is 1.95. The van der Waals surface area contributed by atoms with Gasteiger partial charge in [0.2, 0.25) is 0 Å². The third kappa shape index (κ3) is 2.14. The van der Waals surface area contributed by atoms with Crippen LogP contribution in [0.15, 0.2) is 11.1 Å². The lowest BCUT2D eigenvalue weighted by Crippen LogP contribution is -2.22. The molecule has 3 fully saturated rings. The highest BCUT2D eigenvalue weighted by Crippen LogP contribution is 2.47. The van der Waals surface area contributed by atoms with Crippen molar-refractivity contribution in [3.8, 4) is 0 Å². The molecule has 0 aliphatic heterocycles. The second kappa shape index (κ2) is 4.31. The van der Waals surface area contributed by atoms with Gasteiger partial charge < -0.3 is 0 Å². The highest BCUT2D eigenvalue weighted by molar-refractivity contribution is 5.28. The molecule has 0 aromatic heterocycles. The summed E-state index contributed by atoms with van der Waals surface area (Å²) in [6.45, 7) is 0. The Balaban J connectivity index is 1.73. The zero-order valence-corrected chi connectivity index (χ0v) is 9.93. The fourth-order valence-corrected chi connectivity index (χ4v) is 3.92. The Morgan fingerprint density at radius 2 is 1.40 bits per heavy atom. The number of hydrogen-bond acceptors (Lipinski definition) is 0. The Morgan fingerprint density at radius 1 is 0.667 bits per heavy atom. The van der Waals surface area contributed by atoms with Crippen LogP contribution in [0.4, 0.5) is 0 Å². The maximum Gasteiger partial charge on any atom is -0.0172 e.